The van der Waals surface area contributed by atoms with Gasteiger partial charge in [0, 0.05) is 18.2 Å². The quantitative estimate of drug-likeness (QED) is 0.852. The fourth-order valence-electron chi connectivity index (χ4n) is 2.32. The lowest BCUT2D eigenvalue weighted by Gasteiger charge is -2.26. The lowest BCUT2D eigenvalue weighted by molar-refractivity contribution is 0.375. The Bertz CT molecular complexity index is 392. The van der Waals surface area contributed by atoms with Gasteiger partial charge in [0.2, 0.25) is 0 Å². The van der Waals surface area contributed by atoms with Crippen LogP contribution in [0.2, 0.25) is 0 Å². The summed E-state index contributed by atoms with van der Waals surface area (Å²) < 4.78 is 16.1. The van der Waals surface area contributed by atoms with Gasteiger partial charge in [-0.1, -0.05) is 0 Å². The van der Waals surface area contributed by atoms with Gasteiger partial charge < -0.3 is 24.8 Å². The first kappa shape index (κ1) is 13.8. The molecule has 106 valence electrons. The van der Waals surface area contributed by atoms with Gasteiger partial charge in [0.15, 0.2) is 0 Å². The molecule has 0 aliphatic carbocycles. The van der Waals surface area contributed by atoms with Gasteiger partial charge in [-0.25, -0.2) is 0 Å². The van der Waals surface area contributed by atoms with E-state index in [4.69, 9.17) is 14.2 Å². The lowest BCUT2D eigenvalue weighted by Crippen LogP contribution is -2.35. The van der Waals surface area contributed by atoms with Crippen molar-refractivity contribution in [1.82, 2.24) is 5.32 Å². The molecular weight excluding hydrogens is 244 g/mol. The van der Waals surface area contributed by atoms with Gasteiger partial charge in [-0.3, -0.25) is 0 Å². The van der Waals surface area contributed by atoms with Crippen LogP contribution in [0.5, 0.6) is 17.2 Å². The average molecular weight is 266 g/mol. The Kier molecular flexibility index (Phi) is 4.74. The van der Waals surface area contributed by atoms with Crippen LogP contribution in [0, 0.1) is 0 Å². The van der Waals surface area contributed by atoms with Crippen molar-refractivity contribution < 1.29 is 14.2 Å². The second-order valence-electron chi connectivity index (χ2n) is 4.58. The standard InChI is InChI=1S/C14H22N2O3/c1-17-11-8-12(18-2)14(13(9-11)19-3)16-10-4-6-15-7-5-10/h8-10,15-16H,4-7H2,1-3H3. The predicted octanol–water partition coefficient (Wildman–Crippen LogP) is 1.88. The summed E-state index contributed by atoms with van der Waals surface area (Å²) >= 11 is 0. The highest BCUT2D eigenvalue weighted by Crippen LogP contribution is 2.39. The molecule has 1 saturated heterocycles. The highest BCUT2D eigenvalue weighted by molar-refractivity contribution is 5.69. The minimum Gasteiger partial charge on any atom is -0.496 e. The molecule has 0 aromatic heterocycles. The van der Waals surface area contributed by atoms with Crippen molar-refractivity contribution in [3.05, 3.63) is 12.1 Å². The first-order chi connectivity index (χ1) is 9.28. The van der Waals surface area contributed by atoms with E-state index in [0.29, 0.717) is 6.04 Å². The molecule has 1 aromatic rings. The maximum atomic E-state index is 5.43. The van der Waals surface area contributed by atoms with Gasteiger partial charge in [-0.05, 0) is 25.9 Å². The number of anilines is 1. The molecule has 0 unspecified atom stereocenters. The Morgan fingerprint density at radius 1 is 1.00 bits per heavy atom. The maximum absolute atomic E-state index is 5.43. The molecule has 1 fully saturated rings. The van der Waals surface area contributed by atoms with Crippen LogP contribution in [-0.4, -0.2) is 40.5 Å². The van der Waals surface area contributed by atoms with Gasteiger partial charge in [0.1, 0.15) is 22.9 Å². The average Bonchev–Trinajstić information content (AvgIpc) is 2.48. The van der Waals surface area contributed by atoms with Gasteiger partial charge in [0.05, 0.1) is 21.3 Å². The third kappa shape index (κ3) is 3.23. The van der Waals surface area contributed by atoms with Crippen molar-refractivity contribution >= 4 is 5.69 Å². The Morgan fingerprint density at radius 2 is 1.58 bits per heavy atom. The molecule has 1 aliphatic rings. The predicted molar refractivity (Wildman–Crippen MR) is 75.6 cm³/mol. The molecule has 19 heavy (non-hydrogen) atoms. The lowest BCUT2D eigenvalue weighted by atomic mass is 10.1. The molecule has 2 N–H and O–H groups in total. The van der Waals surface area contributed by atoms with Crippen LogP contribution in [-0.2, 0) is 0 Å². The summed E-state index contributed by atoms with van der Waals surface area (Å²) in [7, 11) is 4.94. The van der Waals surface area contributed by atoms with E-state index in [-0.39, 0.29) is 0 Å². The summed E-state index contributed by atoms with van der Waals surface area (Å²) in [6.07, 6.45) is 2.19. The number of benzene rings is 1. The zero-order valence-corrected chi connectivity index (χ0v) is 11.8. The number of piperidine rings is 1. The summed E-state index contributed by atoms with van der Waals surface area (Å²) in [5.41, 5.74) is 0.901. The molecule has 0 spiro atoms. The number of hydrogen-bond acceptors (Lipinski definition) is 5. The van der Waals surface area contributed by atoms with Crippen LogP contribution in [0.15, 0.2) is 12.1 Å². The number of methoxy groups -OCH3 is 3. The third-order valence-corrected chi connectivity index (χ3v) is 3.40. The molecule has 1 aromatic carbocycles. The first-order valence-electron chi connectivity index (χ1n) is 6.55. The van der Waals surface area contributed by atoms with Crippen molar-refractivity contribution in [3.63, 3.8) is 0 Å². The molecule has 1 aliphatic heterocycles. The van der Waals surface area contributed by atoms with E-state index in [0.717, 1.165) is 48.9 Å². The number of hydrogen-bond donors (Lipinski definition) is 2. The summed E-state index contributed by atoms with van der Waals surface area (Å²) in [4.78, 5) is 0. The van der Waals surface area contributed by atoms with E-state index in [1.54, 1.807) is 21.3 Å². The highest BCUT2D eigenvalue weighted by atomic mass is 16.5. The van der Waals surface area contributed by atoms with Crippen LogP contribution in [0.4, 0.5) is 5.69 Å². The van der Waals surface area contributed by atoms with Crippen molar-refractivity contribution in [1.29, 1.82) is 0 Å². The molecule has 2 rings (SSSR count). The van der Waals surface area contributed by atoms with Crippen molar-refractivity contribution in [2.75, 3.05) is 39.7 Å². The fourth-order valence-corrected chi connectivity index (χ4v) is 2.32. The SMILES string of the molecule is COc1cc(OC)c(NC2CCNCC2)c(OC)c1. The molecule has 0 bridgehead atoms. The van der Waals surface area contributed by atoms with Gasteiger partial charge in [-0.15, -0.1) is 0 Å². The van der Waals surface area contributed by atoms with Crippen LogP contribution in [0.25, 0.3) is 0 Å². The molecule has 5 heteroatoms. The molecular formula is C14H22N2O3. The molecule has 0 amide bonds. The largest absolute Gasteiger partial charge is 0.496 e. The first-order valence-corrected chi connectivity index (χ1v) is 6.55. The van der Waals surface area contributed by atoms with Crippen molar-refractivity contribution in [2.24, 2.45) is 0 Å². The third-order valence-electron chi connectivity index (χ3n) is 3.40. The van der Waals surface area contributed by atoms with E-state index in [2.05, 4.69) is 10.6 Å². The topological polar surface area (TPSA) is 51.8 Å². The van der Waals surface area contributed by atoms with Crippen LogP contribution in [0.3, 0.4) is 0 Å². The Labute approximate surface area is 114 Å². The second kappa shape index (κ2) is 6.52. The number of nitrogens with one attached hydrogen (secondary N) is 2. The number of ether oxygens (including phenoxy) is 3. The Hall–Kier alpha value is -1.62. The Morgan fingerprint density at radius 3 is 2.05 bits per heavy atom. The van der Waals surface area contributed by atoms with Crippen molar-refractivity contribution in [3.8, 4) is 17.2 Å². The van der Waals surface area contributed by atoms with Crippen LogP contribution < -0.4 is 24.8 Å². The fraction of sp³-hybridized carbons (Fsp3) is 0.571. The molecule has 0 atom stereocenters. The summed E-state index contributed by atoms with van der Waals surface area (Å²) in [5, 5.41) is 6.88. The minimum atomic E-state index is 0.442. The highest BCUT2D eigenvalue weighted by Gasteiger charge is 2.18. The number of rotatable bonds is 5. The van der Waals surface area contributed by atoms with E-state index in [9.17, 15) is 0 Å². The van der Waals surface area contributed by atoms with Crippen LogP contribution >= 0.6 is 0 Å². The van der Waals surface area contributed by atoms with Crippen LogP contribution in [0.1, 0.15) is 12.8 Å². The maximum Gasteiger partial charge on any atom is 0.149 e. The van der Waals surface area contributed by atoms with Gasteiger partial charge in [0.25, 0.3) is 0 Å². The van der Waals surface area contributed by atoms with Crippen molar-refractivity contribution in [2.45, 2.75) is 18.9 Å². The summed E-state index contributed by atoms with van der Waals surface area (Å²) in [6, 6.07) is 4.18. The van der Waals surface area contributed by atoms with E-state index >= 15 is 0 Å². The van der Waals surface area contributed by atoms with E-state index < -0.39 is 0 Å². The van der Waals surface area contributed by atoms with E-state index in [1.165, 1.54) is 0 Å². The minimum absolute atomic E-state index is 0.442. The second-order valence-corrected chi connectivity index (χ2v) is 4.58. The molecule has 1 heterocycles. The van der Waals surface area contributed by atoms with Gasteiger partial charge in [-0.2, -0.15) is 0 Å². The molecule has 0 radical (unpaired) electrons. The van der Waals surface area contributed by atoms with Gasteiger partial charge >= 0.3 is 0 Å². The summed E-state index contributed by atoms with van der Waals surface area (Å²) in [5.74, 6) is 2.22. The zero-order valence-electron chi connectivity index (χ0n) is 11.8. The summed E-state index contributed by atoms with van der Waals surface area (Å²) in [6.45, 7) is 2.08. The zero-order chi connectivity index (χ0) is 13.7. The monoisotopic (exact) mass is 266 g/mol. The molecule has 5 nitrogen and oxygen atoms in total. The smallest absolute Gasteiger partial charge is 0.149 e. The Balaban J connectivity index is 2.25. The van der Waals surface area contributed by atoms with E-state index in [1.807, 2.05) is 12.1 Å². The normalized spacial score (nSPS) is 15.9. The molecule has 0 saturated carbocycles.